The third-order valence-electron chi connectivity index (χ3n) is 3.27. The SMILES string of the molecule is CC(C)(C)[Si]OC(C)(C)c1cncc(OCc2ccccc2)c1. The highest BCUT2D eigenvalue weighted by Crippen LogP contribution is 2.30. The van der Waals surface area contributed by atoms with E-state index in [1.807, 2.05) is 30.5 Å². The van der Waals surface area contributed by atoms with Gasteiger partial charge in [0.1, 0.15) is 12.4 Å². The Morgan fingerprint density at radius 2 is 1.70 bits per heavy atom. The van der Waals surface area contributed by atoms with Crippen molar-refractivity contribution in [2.45, 2.75) is 51.9 Å². The molecule has 0 bridgehead atoms. The van der Waals surface area contributed by atoms with Crippen LogP contribution in [0.5, 0.6) is 5.75 Å². The van der Waals surface area contributed by atoms with Gasteiger partial charge in [0, 0.05) is 11.8 Å². The first-order valence-corrected chi connectivity index (χ1v) is 8.74. The van der Waals surface area contributed by atoms with Crippen molar-refractivity contribution in [2.75, 3.05) is 0 Å². The van der Waals surface area contributed by atoms with E-state index >= 15 is 0 Å². The van der Waals surface area contributed by atoms with Crippen LogP contribution >= 0.6 is 0 Å². The van der Waals surface area contributed by atoms with Gasteiger partial charge in [-0.3, -0.25) is 4.98 Å². The molecule has 122 valence electrons. The molecule has 0 spiro atoms. The van der Waals surface area contributed by atoms with Crippen molar-refractivity contribution in [1.29, 1.82) is 0 Å². The Kier molecular flexibility index (Phi) is 5.60. The van der Waals surface area contributed by atoms with Crippen LogP contribution in [0.15, 0.2) is 48.8 Å². The fourth-order valence-corrected chi connectivity index (χ4v) is 2.59. The summed E-state index contributed by atoms with van der Waals surface area (Å²) in [7, 11) is 0.425. The highest BCUT2D eigenvalue weighted by molar-refractivity contribution is 6.31. The molecule has 0 aliphatic carbocycles. The molecule has 0 aliphatic rings. The third-order valence-corrected chi connectivity index (χ3v) is 4.49. The minimum atomic E-state index is -0.384. The van der Waals surface area contributed by atoms with Gasteiger partial charge in [-0.15, -0.1) is 0 Å². The average molecular weight is 328 g/mol. The molecule has 2 aromatic rings. The van der Waals surface area contributed by atoms with Crippen molar-refractivity contribution >= 4 is 9.76 Å². The van der Waals surface area contributed by atoms with Crippen LogP contribution in [0.25, 0.3) is 0 Å². The van der Waals surface area contributed by atoms with Crippen molar-refractivity contribution in [2.24, 2.45) is 0 Å². The number of pyridine rings is 1. The van der Waals surface area contributed by atoms with Crippen LogP contribution in [0.2, 0.25) is 5.04 Å². The molecule has 0 saturated carbocycles. The first-order valence-electron chi connectivity index (χ1n) is 7.84. The second-order valence-electron chi connectivity index (χ2n) is 7.15. The summed E-state index contributed by atoms with van der Waals surface area (Å²) in [5.74, 6) is 0.766. The molecule has 0 atom stereocenters. The Morgan fingerprint density at radius 3 is 2.35 bits per heavy atom. The average Bonchev–Trinajstić information content (AvgIpc) is 2.52. The van der Waals surface area contributed by atoms with Crippen LogP contribution in [0.3, 0.4) is 0 Å². The summed E-state index contributed by atoms with van der Waals surface area (Å²) in [6, 6.07) is 12.1. The monoisotopic (exact) mass is 327 g/mol. The minimum absolute atomic E-state index is 0.159. The van der Waals surface area contributed by atoms with Crippen LogP contribution < -0.4 is 4.74 Å². The molecule has 0 fully saturated rings. The number of benzene rings is 1. The fraction of sp³-hybridized carbons (Fsp3) is 0.421. The first kappa shape index (κ1) is 17.7. The molecule has 4 heteroatoms. The highest BCUT2D eigenvalue weighted by Gasteiger charge is 2.26. The zero-order valence-electron chi connectivity index (χ0n) is 14.6. The Morgan fingerprint density at radius 1 is 1.00 bits per heavy atom. The molecule has 0 aliphatic heterocycles. The van der Waals surface area contributed by atoms with E-state index in [1.165, 1.54) is 0 Å². The maximum absolute atomic E-state index is 6.13. The van der Waals surface area contributed by atoms with Gasteiger partial charge in [-0.2, -0.15) is 0 Å². The Hall–Kier alpha value is -1.65. The van der Waals surface area contributed by atoms with Gasteiger partial charge in [-0.1, -0.05) is 51.1 Å². The van der Waals surface area contributed by atoms with E-state index in [0.717, 1.165) is 16.9 Å². The van der Waals surface area contributed by atoms with E-state index < -0.39 is 0 Å². The molecule has 23 heavy (non-hydrogen) atoms. The number of rotatable bonds is 6. The maximum Gasteiger partial charge on any atom is 0.236 e. The molecule has 1 aromatic heterocycles. The summed E-state index contributed by atoms with van der Waals surface area (Å²) in [6.45, 7) is 11.2. The molecule has 0 saturated heterocycles. The van der Waals surface area contributed by atoms with Gasteiger partial charge >= 0.3 is 0 Å². The van der Waals surface area contributed by atoms with Gasteiger partial charge < -0.3 is 9.16 Å². The summed E-state index contributed by atoms with van der Waals surface area (Å²) < 4.78 is 12.0. The second-order valence-corrected chi connectivity index (χ2v) is 9.06. The van der Waals surface area contributed by atoms with E-state index in [2.05, 4.69) is 51.7 Å². The Bertz CT molecular complexity index is 621. The minimum Gasteiger partial charge on any atom is -0.487 e. The lowest BCUT2D eigenvalue weighted by Gasteiger charge is -2.29. The molecule has 2 rings (SSSR count). The predicted octanol–water partition coefficient (Wildman–Crippen LogP) is 4.75. The van der Waals surface area contributed by atoms with Crippen LogP contribution in [0.1, 0.15) is 45.7 Å². The normalized spacial score (nSPS) is 12.2. The standard InChI is InChI=1S/C19H25NO2Si/c1-18(2,3)23-22-19(4,5)16-11-17(13-20-12-16)21-14-15-9-7-6-8-10-15/h6-13H,14H2,1-5H3. The number of nitrogens with zero attached hydrogens (tertiary/aromatic N) is 1. The molecule has 0 amide bonds. The van der Waals surface area contributed by atoms with Crippen LogP contribution in [0.4, 0.5) is 0 Å². The van der Waals surface area contributed by atoms with Crippen LogP contribution in [0, 0.1) is 0 Å². The number of hydrogen-bond donors (Lipinski definition) is 0. The summed E-state index contributed by atoms with van der Waals surface area (Å²) in [6.07, 6.45) is 3.59. The molecule has 2 radical (unpaired) electrons. The van der Waals surface area contributed by atoms with Crippen molar-refractivity contribution < 1.29 is 9.16 Å². The quantitative estimate of drug-likeness (QED) is 0.718. The number of hydrogen-bond acceptors (Lipinski definition) is 3. The summed E-state index contributed by atoms with van der Waals surface area (Å²) in [4.78, 5) is 4.31. The number of aromatic nitrogens is 1. The maximum atomic E-state index is 6.13. The third kappa shape index (κ3) is 5.81. The molecule has 3 nitrogen and oxygen atoms in total. The lowest BCUT2D eigenvalue weighted by molar-refractivity contribution is 0.108. The predicted molar refractivity (Wildman–Crippen MR) is 94.6 cm³/mol. The fourth-order valence-electron chi connectivity index (χ4n) is 1.91. The first-order chi connectivity index (χ1) is 10.8. The van der Waals surface area contributed by atoms with E-state index in [1.54, 1.807) is 6.20 Å². The lowest BCUT2D eigenvalue weighted by atomic mass is 10.0. The largest absolute Gasteiger partial charge is 0.487 e. The molecule has 1 heterocycles. The second kappa shape index (κ2) is 7.28. The number of ether oxygens (including phenoxy) is 1. The van der Waals surface area contributed by atoms with Gasteiger partial charge in [-0.25, -0.2) is 0 Å². The van der Waals surface area contributed by atoms with Crippen molar-refractivity contribution in [3.8, 4) is 5.75 Å². The van der Waals surface area contributed by atoms with E-state index in [-0.39, 0.29) is 10.6 Å². The lowest BCUT2D eigenvalue weighted by Crippen LogP contribution is -2.27. The van der Waals surface area contributed by atoms with Gasteiger partial charge in [0.15, 0.2) is 0 Å². The van der Waals surface area contributed by atoms with Gasteiger partial charge in [0.25, 0.3) is 0 Å². The van der Waals surface area contributed by atoms with Gasteiger partial charge in [0.2, 0.25) is 9.76 Å². The van der Waals surface area contributed by atoms with E-state index in [0.29, 0.717) is 16.4 Å². The van der Waals surface area contributed by atoms with E-state index in [4.69, 9.17) is 9.16 Å². The van der Waals surface area contributed by atoms with Gasteiger partial charge in [-0.05, 0) is 30.5 Å². The summed E-state index contributed by atoms with van der Waals surface area (Å²) in [5.41, 5.74) is 1.78. The zero-order valence-corrected chi connectivity index (χ0v) is 15.6. The van der Waals surface area contributed by atoms with Gasteiger partial charge in [0.05, 0.1) is 11.8 Å². The molecule has 0 N–H and O–H groups in total. The molecular formula is C19H25NO2Si. The molecular weight excluding hydrogens is 302 g/mol. The summed E-state index contributed by atoms with van der Waals surface area (Å²) in [5, 5.41) is 0.159. The Labute approximate surface area is 142 Å². The molecule has 0 unspecified atom stereocenters. The Balaban J connectivity index is 2.03. The molecule has 1 aromatic carbocycles. The van der Waals surface area contributed by atoms with Crippen molar-refractivity contribution in [3.05, 3.63) is 59.9 Å². The van der Waals surface area contributed by atoms with Crippen molar-refractivity contribution in [3.63, 3.8) is 0 Å². The van der Waals surface area contributed by atoms with Crippen molar-refractivity contribution in [1.82, 2.24) is 4.98 Å². The topological polar surface area (TPSA) is 31.4 Å². The van der Waals surface area contributed by atoms with Crippen LogP contribution in [-0.2, 0) is 16.6 Å². The van der Waals surface area contributed by atoms with Crippen LogP contribution in [-0.4, -0.2) is 14.7 Å². The highest BCUT2D eigenvalue weighted by atomic mass is 28.2. The van der Waals surface area contributed by atoms with E-state index in [9.17, 15) is 0 Å². The summed E-state index contributed by atoms with van der Waals surface area (Å²) >= 11 is 0. The smallest absolute Gasteiger partial charge is 0.236 e. The zero-order chi connectivity index (χ0) is 16.9.